The van der Waals surface area contributed by atoms with Crippen LogP contribution in [0, 0.1) is 0 Å². The van der Waals surface area contributed by atoms with Crippen molar-refractivity contribution in [2.24, 2.45) is 0 Å². The number of aliphatic hydroxyl groups excluding tert-OH is 1. The number of fused-ring (bicyclic) bond motifs is 1. The average Bonchev–Trinajstić information content (AvgIpc) is 2.29. The fourth-order valence-electron chi connectivity index (χ4n) is 1.73. The maximum Gasteiger partial charge on any atom is 0.203 e. The second-order valence-corrected chi connectivity index (χ2v) is 4.53. The number of benzene rings is 1. The molecule has 0 atom stereocenters. The Hall–Kier alpha value is -1.42. The highest BCUT2D eigenvalue weighted by molar-refractivity contribution is 5.57. The molecule has 1 aliphatic heterocycles. The van der Waals surface area contributed by atoms with Crippen molar-refractivity contribution in [2.45, 2.75) is 19.3 Å². The molecule has 0 saturated carbocycles. The number of hydrogen-bond donors (Lipinski definition) is 2. The standard InChI is InChI=1S/C12H16O4/c1-12(2,7-13)8-3-4-9-11(10(8)14)16-6-5-15-9/h3-4,13-14H,5-7H2,1-2H3. The van der Waals surface area contributed by atoms with Crippen molar-refractivity contribution in [3.63, 3.8) is 0 Å². The van der Waals surface area contributed by atoms with Crippen molar-refractivity contribution in [1.29, 1.82) is 0 Å². The highest BCUT2D eigenvalue weighted by Gasteiger charge is 2.28. The van der Waals surface area contributed by atoms with E-state index in [2.05, 4.69) is 0 Å². The smallest absolute Gasteiger partial charge is 0.203 e. The molecule has 0 fully saturated rings. The first-order valence-electron chi connectivity index (χ1n) is 5.29. The summed E-state index contributed by atoms with van der Waals surface area (Å²) in [4.78, 5) is 0. The first-order valence-corrected chi connectivity index (χ1v) is 5.29. The summed E-state index contributed by atoms with van der Waals surface area (Å²) in [6.45, 7) is 4.61. The summed E-state index contributed by atoms with van der Waals surface area (Å²) in [7, 11) is 0. The van der Waals surface area contributed by atoms with Gasteiger partial charge in [-0.05, 0) is 6.07 Å². The van der Waals surface area contributed by atoms with E-state index in [0.29, 0.717) is 30.3 Å². The van der Waals surface area contributed by atoms with Gasteiger partial charge in [0.1, 0.15) is 13.2 Å². The van der Waals surface area contributed by atoms with E-state index < -0.39 is 5.41 Å². The molecule has 0 radical (unpaired) electrons. The van der Waals surface area contributed by atoms with Gasteiger partial charge in [0.2, 0.25) is 5.75 Å². The maximum atomic E-state index is 10.1. The predicted octanol–water partition coefficient (Wildman–Crippen LogP) is 1.43. The minimum atomic E-state index is -0.500. The van der Waals surface area contributed by atoms with Crippen LogP contribution in [0.2, 0.25) is 0 Å². The molecule has 4 heteroatoms. The van der Waals surface area contributed by atoms with Gasteiger partial charge in [-0.15, -0.1) is 0 Å². The van der Waals surface area contributed by atoms with Gasteiger partial charge in [0.15, 0.2) is 11.5 Å². The zero-order valence-electron chi connectivity index (χ0n) is 9.49. The number of aliphatic hydroxyl groups is 1. The van der Waals surface area contributed by atoms with Crippen LogP contribution in [-0.2, 0) is 5.41 Å². The Kier molecular flexibility index (Phi) is 2.68. The molecule has 1 aromatic carbocycles. The Morgan fingerprint density at radius 1 is 1.25 bits per heavy atom. The Balaban J connectivity index is 2.50. The molecule has 88 valence electrons. The molecule has 0 amide bonds. The molecule has 1 heterocycles. The summed E-state index contributed by atoms with van der Waals surface area (Å²) in [6.07, 6.45) is 0. The summed E-state index contributed by atoms with van der Waals surface area (Å²) >= 11 is 0. The van der Waals surface area contributed by atoms with Crippen LogP contribution < -0.4 is 9.47 Å². The molecular weight excluding hydrogens is 208 g/mol. The predicted molar refractivity (Wildman–Crippen MR) is 59.2 cm³/mol. The Labute approximate surface area is 94.4 Å². The lowest BCUT2D eigenvalue weighted by atomic mass is 9.84. The normalized spacial score (nSPS) is 14.9. The van der Waals surface area contributed by atoms with Crippen molar-refractivity contribution in [2.75, 3.05) is 19.8 Å². The van der Waals surface area contributed by atoms with Crippen molar-refractivity contribution in [3.05, 3.63) is 17.7 Å². The molecule has 0 bridgehead atoms. The zero-order chi connectivity index (χ0) is 11.8. The lowest BCUT2D eigenvalue weighted by molar-refractivity contribution is 0.163. The summed E-state index contributed by atoms with van der Waals surface area (Å²) in [5.74, 6) is 1.00. The monoisotopic (exact) mass is 224 g/mol. The van der Waals surface area contributed by atoms with Crippen LogP contribution in [0.3, 0.4) is 0 Å². The van der Waals surface area contributed by atoms with E-state index in [1.165, 1.54) is 0 Å². The molecule has 2 N–H and O–H groups in total. The first kappa shape index (κ1) is 11.1. The van der Waals surface area contributed by atoms with E-state index >= 15 is 0 Å². The highest BCUT2D eigenvalue weighted by atomic mass is 16.6. The molecule has 0 aliphatic carbocycles. The number of ether oxygens (including phenoxy) is 2. The van der Waals surface area contributed by atoms with E-state index in [1.807, 2.05) is 13.8 Å². The minimum Gasteiger partial charge on any atom is -0.504 e. The molecular formula is C12H16O4. The summed E-state index contributed by atoms with van der Waals surface area (Å²) < 4.78 is 10.7. The number of phenols is 1. The van der Waals surface area contributed by atoms with Crippen LogP contribution in [0.1, 0.15) is 19.4 Å². The molecule has 4 nitrogen and oxygen atoms in total. The summed E-state index contributed by atoms with van der Waals surface area (Å²) in [5, 5.41) is 19.4. The first-order chi connectivity index (χ1) is 7.56. The Morgan fingerprint density at radius 2 is 1.94 bits per heavy atom. The van der Waals surface area contributed by atoms with E-state index in [0.717, 1.165) is 0 Å². The molecule has 1 aliphatic rings. The maximum absolute atomic E-state index is 10.1. The van der Waals surface area contributed by atoms with Crippen LogP contribution in [0.4, 0.5) is 0 Å². The van der Waals surface area contributed by atoms with E-state index in [-0.39, 0.29) is 12.4 Å². The van der Waals surface area contributed by atoms with Gasteiger partial charge < -0.3 is 19.7 Å². The average molecular weight is 224 g/mol. The third-order valence-corrected chi connectivity index (χ3v) is 2.81. The lowest BCUT2D eigenvalue weighted by Crippen LogP contribution is -2.23. The van der Waals surface area contributed by atoms with Crippen LogP contribution in [0.25, 0.3) is 0 Å². The molecule has 0 unspecified atom stereocenters. The van der Waals surface area contributed by atoms with Gasteiger partial charge in [-0.3, -0.25) is 0 Å². The molecule has 0 saturated heterocycles. The van der Waals surface area contributed by atoms with Crippen molar-refractivity contribution < 1.29 is 19.7 Å². The zero-order valence-corrected chi connectivity index (χ0v) is 9.49. The SMILES string of the molecule is CC(C)(CO)c1ccc2c(c1O)OCCO2. The fraction of sp³-hybridized carbons (Fsp3) is 0.500. The van der Waals surface area contributed by atoms with Crippen LogP contribution in [0.15, 0.2) is 12.1 Å². The molecule has 2 rings (SSSR count). The third kappa shape index (κ3) is 1.69. The van der Waals surface area contributed by atoms with Gasteiger partial charge in [-0.25, -0.2) is 0 Å². The Morgan fingerprint density at radius 3 is 2.62 bits per heavy atom. The van der Waals surface area contributed by atoms with Crippen LogP contribution in [-0.4, -0.2) is 30.0 Å². The summed E-state index contributed by atoms with van der Waals surface area (Å²) in [5.41, 5.74) is 0.166. The van der Waals surface area contributed by atoms with Gasteiger partial charge >= 0.3 is 0 Å². The van der Waals surface area contributed by atoms with Crippen LogP contribution in [0.5, 0.6) is 17.2 Å². The Bertz CT molecular complexity index is 398. The molecule has 16 heavy (non-hydrogen) atoms. The molecule has 1 aromatic rings. The second kappa shape index (κ2) is 3.87. The third-order valence-electron chi connectivity index (χ3n) is 2.81. The van der Waals surface area contributed by atoms with Crippen molar-refractivity contribution >= 4 is 0 Å². The van der Waals surface area contributed by atoms with Gasteiger partial charge in [0, 0.05) is 11.0 Å². The number of hydrogen-bond acceptors (Lipinski definition) is 4. The van der Waals surface area contributed by atoms with Gasteiger partial charge in [0.05, 0.1) is 6.61 Å². The van der Waals surface area contributed by atoms with E-state index in [4.69, 9.17) is 9.47 Å². The largest absolute Gasteiger partial charge is 0.504 e. The highest BCUT2D eigenvalue weighted by Crippen LogP contribution is 2.44. The topological polar surface area (TPSA) is 58.9 Å². The number of rotatable bonds is 2. The number of aromatic hydroxyl groups is 1. The second-order valence-electron chi connectivity index (χ2n) is 4.53. The van der Waals surface area contributed by atoms with E-state index in [9.17, 15) is 10.2 Å². The summed E-state index contributed by atoms with van der Waals surface area (Å²) in [6, 6.07) is 3.53. The number of phenolic OH excluding ortho intramolecular Hbond substituents is 1. The van der Waals surface area contributed by atoms with Gasteiger partial charge in [-0.1, -0.05) is 19.9 Å². The van der Waals surface area contributed by atoms with Crippen LogP contribution >= 0.6 is 0 Å². The van der Waals surface area contributed by atoms with Crippen molar-refractivity contribution in [3.8, 4) is 17.2 Å². The van der Waals surface area contributed by atoms with Crippen molar-refractivity contribution in [1.82, 2.24) is 0 Å². The lowest BCUT2D eigenvalue weighted by Gasteiger charge is -2.27. The van der Waals surface area contributed by atoms with Gasteiger partial charge in [0.25, 0.3) is 0 Å². The molecule has 0 aromatic heterocycles. The van der Waals surface area contributed by atoms with Gasteiger partial charge in [-0.2, -0.15) is 0 Å². The van der Waals surface area contributed by atoms with E-state index in [1.54, 1.807) is 12.1 Å². The molecule has 0 spiro atoms. The fourth-order valence-corrected chi connectivity index (χ4v) is 1.73. The minimum absolute atomic E-state index is 0.0415. The quantitative estimate of drug-likeness (QED) is 0.798.